The first-order valence-electron chi connectivity index (χ1n) is 14.7. The van der Waals surface area contributed by atoms with Crippen LogP contribution in [0.4, 0.5) is 17.1 Å². The molecule has 4 N–H and O–H groups in total. The van der Waals surface area contributed by atoms with Gasteiger partial charge in [-0.15, -0.1) is 0 Å². The molecule has 2 saturated heterocycles. The van der Waals surface area contributed by atoms with E-state index >= 15 is 0 Å². The van der Waals surface area contributed by atoms with Gasteiger partial charge in [-0.05, 0) is 67.9 Å². The van der Waals surface area contributed by atoms with E-state index in [2.05, 4.69) is 27.0 Å². The van der Waals surface area contributed by atoms with Gasteiger partial charge in [-0.1, -0.05) is 29.3 Å². The van der Waals surface area contributed by atoms with Crippen molar-refractivity contribution in [3.8, 4) is 23.3 Å². The molecule has 1 amide bonds. The van der Waals surface area contributed by atoms with Gasteiger partial charge in [0, 0.05) is 35.8 Å². The Bertz CT molecular complexity index is 1770. The van der Waals surface area contributed by atoms with Crippen molar-refractivity contribution in [1.82, 2.24) is 10.3 Å². The van der Waals surface area contributed by atoms with Gasteiger partial charge in [0.05, 0.1) is 40.7 Å². The molecule has 0 spiro atoms. The predicted octanol–water partition coefficient (Wildman–Crippen LogP) is 6.20. The minimum absolute atomic E-state index is 0.145. The van der Waals surface area contributed by atoms with E-state index in [9.17, 15) is 15.2 Å². The number of ether oxygens (including phenoxy) is 3. The van der Waals surface area contributed by atoms with Crippen LogP contribution in [0.25, 0.3) is 10.9 Å². The molecule has 3 heterocycles. The number of nitriles is 1. The van der Waals surface area contributed by atoms with Crippen molar-refractivity contribution >= 4 is 45.5 Å². The number of carbonyl (C=O) groups excluding carboxylic acids is 1. The second-order valence-electron chi connectivity index (χ2n) is 10.9. The highest BCUT2D eigenvalue weighted by Crippen LogP contribution is 2.38. The summed E-state index contributed by atoms with van der Waals surface area (Å²) < 4.78 is 17.6. The summed E-state index contributed by atoms with van der Waals surface area (Å²) in [6.07, 6.45) is 5.40. The van der Waals surface area contributed by atoms with Crippen LogP contribution in [0.3, 0.4) is 0 Å². The van der Waals surface area contributed by atoms with Crippen molar-refractivity contribution in [1.29, 1.82) is 5.26 Å². The number of nitrogens with one attached hydrogen (secondary N) is 3. The number of anilines is 3. The number of amides is 1. The fraction of sp³-hybridized carbons (Fsp3) is 0.265. The number of rotatable bonds is 9. The third kappa shape index (κ3) is 7.46. The van der Waals surface area contributed by atoms with Crippen LogP contribution < -0.4 is 25.4 Å². The van der Waals surface area contributed by atoms with Gasteiger partial charge in [-0.3, -0.25) is 9.78 Å². The first-order valence-corrected chi connectivity index (χ1v) is 15.1. The summed E-state index contributed by atoms with van der Waals surface area (Å²) in [4.78, 5) is 17.7. The highest BCUT2D eigenvalue weighted by atomic mass is 35.5. The maximum atomic E-state index is 13.1. The zero-order chi connectivity index (χ0) is 31.2. The fourth-order valence-electron chi connectivity index (χ4n) is 5.26. The topological polar surface area (TPSA) is 138 Å². The molecule has 45 heavy (non-hydrogen) atoms. The summed E-state index contributed by atoms with van der Waals surface area (Å²) in [5.41, 5.74) is 4.48. The summed E-state index contributed by atoms with van der Waals surface area (Å²) in [6.45, 7) is 3.04. The Balaban J connectivity index is 1.30. The van der Waals surface area contributed by atoms with Gasteiger partial charge in [0.1, 0.15) is 36.0 Å². The molecule has 0 bridgehead atoms. The summed E-state index contributed by atoms with van der Waals surface area (Å²) in [5.74, 6) is 0.911. The average molecular weight is 626 g/mol. The van der Waals surface area contributed by atoms with Gasteiger partial charge in [0.25, 0.3) is 0 Å². The number of aromatic nitrogens is 1. The predicted molar refractivity (Wildman–Crippen MR) is 172 cm³/mol. The van der Waals surface area contributed by atoms with Crippen molar-refractivity contribution in [2.24, 2.45) is 0 Å². The third-order valence-corrected chi connectivity index (χ3v) is 7.94. The molecule has 10 nitrogen and oxygen atoms in total. The third-order valence-electron chi connectivity index (χ3n) is 7.64. The molecule has 2 fully saturated rings. The van der Waals surface area contributed by atoms with E-state index in [1.165, 1.54) is 6.20 Å². The summed E-state index contributed by atoms with van der Waals surface area (Å²) >= 11 is 6.58. The van der Waals surface area contributed by atoms with E-state index in [4.69, 9.17) is 25.8 Å². The highest BCUT2D eigenvalue weighted by molar-refractivity contribution is 6.32. The normalized spacial score (nSPS) is 16.2. The lowest BCUT2D eigenvalue weighted by molar-refractivity contribution is -0.112. The van der Waals surface area contributed by atoms with Crippen LogP contribution in [0.5, 0.6) is 17.2 Å². The standard InChI is InChI=1S/C34H32ClN5O5/c35-28-14-24(3-6-31(28)44-19-22-1-4-25(41)5-2-22)39-34-23(17-36)18-38-29-16-32(45-26-9-12-43-20-26)30(15-27(29)34)40-33(42)13-21-7-10-37-11-8-21/h1-6,13-16,18,26,37,41H,7-12,19-20H2,(H,38,39)(H,40,42). The number of fused-ring (bicyclic) bond motifs is 1. The minimum atomic E-state index is -0.243. The largest absolute Gasteiger partial charge is 0.508 e. The maximum absolute atomic E-state index is 13.1. The second-order valence-corrected chi connectivity index (χ2v) is 11.3. The molecule has 0 aliphatic carbocycles. The van der Waals surface area contributed by atoms with Crippen LogP contribution in [0.2, 0.25) is 5.02 Å². The number of benzene rings is 3. The van der Waals surface area contributed by atoms with Crippen molar-refractivity contribution in [3.63, 3.8) is 0 Å². The molecule has 1 unspecified atom stereocenters. The van der Waals surface area contributed by atoms with Crippen LogP contribution in [-0.2, 0) is 16.1 Å². The summed E-state index contributed by atoms with van der Waals surface area (Å²) in [6, 6.07) is 17.8. The lowest BCUT2D eigenvalue weighted by atomic mass is 10.0. The number of phenolic OH excluding ortho intramolecular Hbond substituents is 1. The first kappa shape index (κ1) is 30.2. The Hall–Kier alpha value is -4.82. The van der Waals surface area contributed by atoms with E-state index in [0.29, 0.717) is 63.3 Å². The molecular formula is C34H32ClN5O5. The molecule has 2 aliphatic heterocycles. The molecule has 11 heteroatoms. The second kappa shape index (κ2) is 13.9. The number of hydrogen-bond acceptors (Lipinski definition) is 9. The number of hydrogen-bond donors (Lipinski definition) is 4. The molecule has 230 valence electrons. The Morgan fingerprint density at radius 3 is 2.71 bits per heavy atom. The molecule has 1 aromatic heterocycles. The molecule has 2 aliphatic rings. The Morgan fingerprint density at radius 2 is 1.98 bits per heavy atom. The molecule has 0 radical (unpaired) electrons. The van der Waals surface area contributed by atoms with Crippen molar-refractivity contribution in [3.05, 3.63) is 88.6 Å². The van der Waals surface area contributed by atoms with Crippen LogP contribution in [0, 0.1) is 11.3 Å². The van der Waals surface area contributed by atoms with E-state index < -0.39 is 0 Å². The van der Waals surface area contributed by atoms with E-state index in [0.717, 1.165) is 43.5 Å². The number of pyridine rings is 1. The Labute approximate surface area is 265 Å². The summed E-state index contributed by atoms with van der Waals surface area (Å²) in [7, 11) is 0. The monoisotopic (exact) mass is 625 g/mol. The first-order chi connectivity index (χ1) is 21.9. The smallest absolute Gasteiger partial charge is 0.248 e. The molecule has 1 atom stereocenters. The van der Waals surface area contributed by atoms with Gasteiger partial charge in [0.15, 0.2) is 0 Å². The van der Waals surface area contributed by atoms with Gasteiger partial charge in [0.2, 0.25) is 5.91 Å². The van der Waals surface area contributed by atoms with Gasteiger partial charge >= 0.3 is 0 Å². The fourth-order valence-corrected chi connectivity index (χ4v) is 5.49. The summed E-state index contributed by atoms with van der Waals surface area (Å²) in [5, 5.41) is 30.1. The van der Waals surface area contributed by atoms with Crippen LogP contribution in [0.15, 0.2) is 72.4 Å². The van der Waals surface area contributed by atoms with E-state index in [1.54, 1.807) is 60.7 Å². The molecule has 4 aromatic rings. The van der Waals surface area contributed by atoms with Crippen LogP contribution in [-0.4, -0.2) is 48.4 Å². The van der Waals surface area contributed by atoms with E-state index in [-0.39, 0.29) is 24.4 Å². The van der Waals surface area contributed by atoms with Crippen molar-refractivity contribution < 1.29 is 24.1 Å². The maximum Gasteiger partial charge on any atom is 0.248 e. The van der Waals surface area contributed by atoms with E-state index in [1.807, 2.05) is 0 Å². The van der Waals surface area contributed by atoms with Gasteiger partial charge in [-0.2, -0.15) is 5.26 Å². The number of halogens is 1. The van der Waals surface area contributed by atoms with Crippen molar-refractivity contribution in [2.45, 2.75) is 32.0 Å². The SMILES string of the molecule is N#Cc1cnc2cc(OC3CCOC3)c(NC(=O)C=C3CCNCC3)cc2c1Nc1ccc(OCc2ccc(O)cc2)c(Cl)c1. The molecule has 3 aromatic carbocycles. The Morgan fingerprint density at radius 1 is 1.16 bits per heavy atom. The van der Waals surface area contributed by atoms with Gasteiger partial charge < -0.3 is 35.3 Å². The quantitative estimate of drug-likeness (QED) is 0.160. The lowest BCUT2D eigenvalue weighted by Gasteiger charge is -2.19. The molecule has 6 rings (SSSR count). The zero-order valence-electron chi connectivity index (χ0n) is 24.4. The van der Waals surface area contributed by atoms with Crippen LogP contribution >= 0.6 is 11.6 Å². The Kier molecular flexibility index (Phi) is 9.31. The minimum Gasteiger partial charge on any atom is -0.508 e. The number of phenols is 1. The average Bonchev–Trinajstić information content (AvgIpc) is 3.56. The number of piperidine rings is 1. The van der Waals surface area contributed by atoms with Crippen LogP contribution in [0.1, 0.15) is 30.4 Å². The van der Waals surface area contributed by atoms with Crippen molar-refractivity contribution in [2.75, 3.05) is 36.9 Å². The van der Waals surface area contributed by atoms with Gasteiger partial charge in [-0.25, -0.2) is 0 Å². The number of nitrogens with zero attached hydrogens (tertiary/aromatic N) is 2. The molecular weight excluding hydrogens is 594 g/mol. The zero-order valence-corrected chi connectivity index (χ0v) is 25.2. The lowest BCUT2D eigenvalue weighted by Crippen LogP contribution is -2.24. The number of carbonyl (C=O) groups is 1. The molecule has 0 saturated carbocycles. The number of aromatic hydroxyl groups is 1. The highest BCUT2D eigenvalue weighted by Gasteiger charge is 2.22.